The Balaban J connectivity index is 2.38. The lowest BCUT2D eigenvalue weighted by Gasteiger charge is -2.35. The first-order chi connectivity index (χ1) is 17.6. The summed E-state index contributed by atoms with van der Waals surface area (Å²) in [6.07, 6.45) is 2.17. The minimum atomic E-state index is -0.830. The van der Waals surface area contributed by atoms with E-state index in [-0.39, 0.29) is 30.4 Å². The van der Waals surface area contributed by atoms with E-state index in [1.54, 1.807) is 41.5 Å². The number of ether oxygens (including phenoxy) is 2. The Kier molecular flexibility index (Phi) is 10.7. The van der Waals surface area contributed by atoms with Crippen LogP contribution in [0.2, 0.25) is 0 Å². The van der Waals surface area contributed by atoms with Gasteiger partial charge in [-0.25, -0.2) is 39.5 Å². The number of nitrogens with two attached hydrogens (primary N) is 2. The summed E-state index contributed by atoms with van der Waals surface area (Å²) in [7, 11) is 0. The number of amides is 2. The number of hydrogen-bond donors (Lipinski definition) is 2. The molecular weight excluding hydrogens is 624 g/mol. The van der Waals surface area contributed by atoms with Gasteiger partial charge in [0, 0.05) is 6.54 Å². The minimum Gasteiger partial charge on any atom is -0.442 e. The van der Waals surface area contributed by atoms with Gasteiger partial charge in [0.25, 0.3) is 0 Å². The number of rotatable bonds is 5. The van der Waals surface area contributed by atoms with Crippen LogP contribution in [-0.2, 0) is 15.9 Å². The van der Waals surface area contributed by atoms with Crippen LogP contribution in [0, 0.1) is 11.8 Å². The molecule has 4 N–H and O–H groups in total. The molecule has 38 heavy (non-hydrogen) atoms. The number of carbonyl (C=O) groups excluding carboxylic acids is 2. The third-order valence-corrected chi connectivity index (χ3v) is 5.10. The molecule has 2 aromatic rings. The molecule has 0 aliphatic carbocycles. The summed E-state index contributed by atoms with van der Waals surface area (Å²) in [5, 5.41) is 2.25. The standard InChI is InChI=1S/C24H32Br2N8O4/c1-23(2,3)37-21(35)33(11-7-9-15-19(27)29-13-17(25)31-15)34(22(36)38-24(4,5)6)12-8-10-16-20(28)30-14-18(26)32-16/h13-14H,7,9,11-12H2,1-6H3,(H2,27,29)(H2,28,30). The summed E-state index contributed by atoms with van der Waals surface area (Å²) in [6.45, 7) is 10.2. The molecule has 12 nitrogen and oxygen atoms in total. The van der Waals surface area contributed by atoms with Crippen molar-refractivity contribution in [2.24, 2.45) is 0 Å². The van der Waals surface area contributed by atoms with E-state index >= 15 is 0 Å². The molecule has 0 aromatic carbocycles. The maximum absolute atomic E-state index is 13.3. The summed E-state index contributed by atoms with van der Waals surface area (Å²) in [6, 6.07) is 0. The number of aryl methyl sites for hydroxylation is 1. The van der Waals surface area contributed by atoms with Crippen molar-refractivity contribution in [1.82, 2.24) is 30.0 Å². The summed E-state index contributed by atoms with van der Waals surface area (Å²) in [5.74, 6) is 6.03. The first kappa shape index (κ1) is 31.0. The van der Waals surface area contributed by atoms with E-state index in [9.17, 15) is 9.59 Å². The average Bonchev–Trinajstić information content (AvgIpc) is 2.77. The van der Waals surface area contributed by atoms with Crippen molar-refractivity contribution in [3.05, 3.63) is 33.0 Å². The second kappa shape index (κ2) is 13.1. The van der Waals surface area contributed by atoms with Gasteiger partial charge in [-0.1, -0.05) is 5.92 Å². The molecule has 0 saturated heterocycles. The second-order valence-electron chi connectivity index (χ2n) is 10.00. The van der Waals surface area contributed by atoms with Crippen molar-refractivity contribution in [3.63, 3.8) is 0 Å². The first-order valence-electron chi connectivity index (χ1n) is 11.6. The third kappa shape index (κ3) is 10.3. The van der Waals surface area contributed by atoms with Crippen LogP contribution in [0.4, 0.5) is 21.2 Å². The van der Waals surface area contributed by atoms with Gasteiger partial charge in [-0.3, -0.25) is 0 Å². The number of nitrogens with zero attached hydrogens (tertiary/aromatic N) is 6. The highest BCUT2D eigenvalue weighted by Crippen LogP contribution is 2.18. The smallest absolute Gasteiger partial charge is 0.430 e. The summed E-state index contributed by atoms with van der Waals surface area (Å²) in [4.78, 5) is 43.1. The molecule has 14 heteroatoms. The molecule has 0 saturated carbocycles. The van der Waals surface area contributed by atoms with Crippen molar-refractivity contribution in [2.45, 2.75) is 65.6 Å². The van der Waals surface area contributed by atoms with Crippen LogP contribution in [0.5, 0.6) is 0 Å². The van der Waals surface area contributed by atoms with Gasteiger partial charge in [-0.2, -0.15) is 0 Å². The van der Waals surface area contributed by atoms with E-state index < -0.39 is 23.4 Å². The molecule has 2 heterocycles. The van der Waals surface area contributed by atoms with E-state index in [2.05, 4.69) is 63.6 Å². The van der Waals surface area contributed by atoms with Crippen LogP contribution < -0.4 is 11.5 Å². The van der Waals surface area contributed by atoms with E-state index in [0.717, 1.165) is 10.0 Å². The second-order valence-corrected chi connectivity index (χ2v) is 11.6. The van der Waals surface area contributed by atoms with Gasteiger partial charge in [0.15, 0.2) is 11.5 Å². The predicted octanol–water partition coefficient (Wildman–Crippen LogP) is 4.33. The summed E-state index contributed by atoms with van der Waals surface area (Å²) in [5.41, 5.74) is 10.9. The van der Waals surface area contributed by atoms with Gasteiger partial charge in [0.05, 0.1) is 18.1 Å². The third-order valence-electron chi connectivity index (χ3n) is 4.34. The Morgan fingerprint density at radius 1 is 0.895 bits per heavy atom. The molecule has 0 aliphatic heterocycles. The molecule has 2 amide bonds. The van der Waals surface area contributed by atoms with Crippen LogP contribution in [0.15, 0.2) is 21.6 Å². The summed E-state index contributed by atoms with van der Waals surface area (Å²) < 4.78 is 12.1. The van der Waals surface area contributed by atoms with Crippen LogP contribution in [0.3, 0.4) is 0 Å². The zero-order valence-electron chi connectivity index (χ0n) is 22.2. The predicted molar refractivity (Wildman–Crippen MR) is 149 cm³/mol. The number of nitrogen functional groups attached to an aromatic ring is 2. The zero-order chi connectivity index (χ0) is 28.7. The van der Waals surface area contributed by atoms with Crippen molar-refractivity contribution in [3.8, 4) is 11.8 Å². The van der Waals surface area contributed by atoms with Gasteiger partial charge in [-0.05, 0) is 92.2 Å². The molecule has 0 spiro atoms. The first-order valence-corrected chi connectivity index (χ1v) is 13.2. The quantitative estimate of drug-likeness (QED) is 0.350. The fraction of sp³-hybridized carbons (Fsp3) is 0.500. The molecule has 206 valence electrons. The molecule has 2 aromatic heterocycles. The number of anilines is 2. The van der Waals surface area contributed by atoms with Crippen molar-refractivity contribution in [1.29, 1.82) is 0 Å². The van der Waals surface area contributed by atoms with Gasteiger partial charge >= 0.3 is 12.2 Å². The highest BCUT2D eigenvalue weighted by molar-refractivity contribution is 9.10. The highest BCUT2D eigenvalue weighted by Gasteiger charge is 2.32. The van der Waals surface area contributed by atoms with Crippen LogP contribution in [0.25, 0.3) is 0 Å². The lowest BCUT2D eigenvalue weighted by Crippen LogP contribution is -2.53. The maximum atomic E-state index is 13.3. The fourth-order valence-electron chi connectivity index (χ4n) is 2.85. The zero-order valence-corrected chi connectivity index (χ0v) is 25.4. The van der Waals surface area contributed by atoms with Gasteiger partial charge in [-0.15, -0.1) is 0 Å². The van der Waals surface area contributed by atoms with Crippen molar-refractivity contribution < 1.29 is 19.1 Å². The Bertz CT molecular complexity index is 1220. The van der Waals surface area contributed by atoms with E-state index in [1.807, 2.05) is 0 Å². The monoisotopic (exact) mass is 654 g/mol. The van der Waals surface area contributed by atoms with Crippen molar-refractivity contribution >= 4 is 55.7 Å². The SMILES string of the molecule is CC(C)(C)OC(=O)N(CC#Cc1nc(Br)cnc1N)N(CCCc1nc(Br)cnc1N)C(=O)OC(C)(C)C. The summed E-state index contributed by atoms with van der Waals surface area (Å²) >= 11 is 6.51. The normalized spacial score (nSPS) is 11.3. The topological polar surface area (TPSA) is 163 Å². The number of halogens is 2. The van der Waals surface area contributed by atoms with Crippen molar-refractivity contribution in [2.75, 3.05) is 24.6 Å². The fourth-order valence-corrected chi connectivity index (χ4v) is 3.44. The molecule has 0 fully saturated rings. The van der Waals surface area contributed by atoms with Gasteiger partial charge < -0.3 is 20.9 Å². The average molecular weight is 656 g/mol. The highest BCUT2D eigenvalue weighted by atomic mass is 79.9. The van der Waals surface area contributed by atoms with Gasteiger partial charge in [0.1, 0.15) is 32.8 Å². The van der Waals surface area contributed by atoms with Crippen LogP contribution in [0.1, 0.15) is 59.4 Å². The minimum absolute atomic E-state index is 0.0717. The van der Waals surface area contributed by atoms with E-state index in [4.69, 9.17) is 20.9 Å². The molecule has 0 atom stereocenters. The number of hydrogen-bond acceptors (Lipinski definition) is 10. The molecule has 0 radical (unpaired) electrons. The molecule has 0 bridgehead atoms. The molecular formula is C24H32Br2N8O4. The Morgan fingerprint density at radius 2 is 1.42 bits per heavy atom. The Hall–Kier alpha value is -3.18. The Morgan fingerprint density at radius 3 is 2.00 bits per heavy atom. The lowest BCUT2D eigenvalue weighted by molar-refractivity contribution is -0.0580. The number of carbonyl (C=O) groups is 2. The van der Waals surface area contributed by atoms with Gasteiger partial charge in [0.2, 0.25) is 0 Å². The molecule has 2 rings (SSSR count). The Labute approximate surface area is 239 Å². The molecule has 0 aliphatic rings. The number of hydrazine groups is 1. The van der Waals surface area contributed by atoms with E-state index in [0.29, 0.717) is 27.7 Å². The van der Waals surface area contributed by atoms with Crippen LogP contribution in [-0.4, -0.2) is 66.4 Å². The van der Waals surface area contributed by atoms with E-state index in [1.165, 1.54) is 12.4 Å². The van der Waals surface area contributed by atoms with Crippen LogP contribution >= 0.6 is 31.9 Å². The molecule has 0 unspecified atom stereocenters. The maximum Gasteiger partial charge on any atom is 0.430 e. The largest absolute Gasteiger partial charge is 0.442 e. The lowest BCUT2D eigenvalue weighted by atomic mass is 10.2. The number of aromatic nitrogens is 4.